The minimum absolute atomic E-state index is 0.0297. The molecule has 0 amide bonds. The Morgan fingerprint density at radius 2 is 1.06 bits per heavy atom. The molecule has 0 bridgehead atoms. The van der Waals surface area contributed by atoms with Crippen LogP contribution in [0.5, 0.6) is 17.2 Å². The van der Waals surface area contributed by atoms with Crippen molar-refractivity contribution >= 4 is 120 Å². The molecular weight excluding hydrogens is 1080 g/mol. The van der Waals surface area contributed by atoms with E-state index in [9.17, 15) is 66.5 Å². The van der Waals surface area contributed by atoms with Crippen molar-refractivity contribution in [2.45, 2.75) is 24.5 Å². The van der Waals surface area contributed by atoms with Crippen molar-refractivity contribution in [1.82, 2.24) is 0 Å². The summed E-state index contributed by atoms with van der Waals surface area (Å²) in [5.74, 6) is -5.51. The van der Waals surface area contributed by atoms with Crippen molar-refractivity contribution in [2.24, 2.45) is 30.7 Å². The fourth-order valence-electron chi connectivity index (χ4n) is 5.38. The van der Waals surface area contributed by atoms with Crippen LogP contribution in [-0.2, 0) is 77.4 Å². The summed E-state index contributed by atoms with van der Waals surface area (Å²) in [5.41, 5.74) is -4.46. The summed E-state index contributed by atoms with van der Waals surface area (Å²) in [6, 6.07) is 12.0. The van der Waals surface area contributed by atoms with Crippen LogP contribution in [-0.4, -0.2) is 106 Å². The molecule has 0 spiro atoms. The van der Waals surface area contributed by atoms with Crippen LogP contribution in [0.3, 0.4) is 0 Å². The van der Waals surface area contributed by atoms with Crippen molar-refractivity contribution < 1.29 is 109 Å². The number of azo groups is 3. The Balaban J connectivity index is 1.65. The van der Waals surface area contributed by atoms with Crippen LogP contribution in [0.15, 0.2) is 128 Å². The van der Waals surface area contributed by atoms with Gasteiger partial charge in [-0.3, -0.25) is 17.8 Å². The summed E-state index contributed by atoms with van der Waals surface area (Å²) in [4.78, 5) is -3.03. The normalized spacial score (nSPS) is 13.1. The molecule has 5 aromatic carbocycles. The summed E-state index contributed by atoms with van der Waals surface area (Å²) >= 11 is 0.466. The Bertz CT molecular complexity index is 3410. The Morgan fingerprint density at radius 1 is 0.522 bits per heavy atom. The van der Waals surface area contributed by atoms with E-state index in [1.807, 2.05) is 0 Å². The molecule has 5 aromatic rings. The van der Waals surface area contributed by atoms with Gasteiger partial charge in [-0.25, -0.2) is 31.5 Å². The Hall–Kier alpha value is -5.43. The van der Waals surface area contributed by atoms with Gasteiger partial charge in [-0.15, -0.1) is 29.1 Å². The number of phenols is 3. The molecule has 0 aliphatic rings. The van der Waals surface area contributed by atoms with Crippen LogP contribution >= 0.6 is 24.4 Å². The first-order valence-corrected chi connectivity index (χ1v) is 26.5. The number of nitrogens with zero attached hydrogens (tertiary/aromatic N) is 6. The van der Waals surface area contributed by atoms with Gasteiger partial charge in [-0.2, -0.15) is 35.5 Å². The lowest BCUT2D eigenvalue weighted by molar-refractivity contribution is -0.434. The number of rotatable bonds is 23. The smallest absolute Gasteiger partial charge is 0.397 e. The maximum Gasteiger partial charge on any atom is 0.397 e. The first-order valence-electron chi connectivity index (χ1n) is 17.6. The first kappa shape index (κ1) is 54.5. The lowest BCUT2D eigenvalue weighted by atomic mass is 10.1. The van der Waals surface area contributed by atoms with Gasteiger partial charge >= 0.3 is 10.4 Å². The molecule has 372 valence electrons. The number of sulfone groups is 2. The molecule has 37 heteroatoms. The molecule has 30 nitrogen and oxygen atoms in total. The van der Waals surface area contributed by atoms with Gasteiger partial charge in [0, 0.05) is 10.3 Å². The maximum atomic E-state index is 12.8. The van der Waals surface area contributed by atoms with Gasteiger partial charge in [0.15, 0.2) is 66.3 Å². The highest BCUT2D eigenvalue weighted by molar-refractivity contribution is 7.95. The van der Waals surface area contributed by atoms with Gasteiger partial charge in [0.1, 0.15) is 15.5 Å². The Labute approximate surface area is 396 Å². The number of phenolic OH excluding ortho intramolecular Hbond substituents is 3. The number of fused-ring (bicyclic) bond motifs is 1. The van der Waals surface area contributed by atoms with E-state index in [1.54, 1.807) is 0 Å². The van der Waals surface area contributed by atoms with E-state index in [4.69, 9.17) is 19.3 Å². The summed E-state index contributed by atoms with van der Waals surface area (Å²) in [6.45, 7) is -1.54. The van der Waals surface area contributed by atoms with Crippen molar-refractivity contribution in [3.63, 3.8) is 0 Å². The highest BCUT2D eigenvalue weighted by Gasteiger charge is 2.27. The van der Waals surface area contributed by atoms with Gasteiger partial charge in [0.25, 0.3) is 20.2 Å². The number of hydrogen-bond acceptors (Lipinski definition) is 29. The predicted molar refractivity (Wildman–Crippen MR) is 231 cm³/mol. The SMILES string of the molecule is O=S(=O)(O)OCCS(=O)(=O)c1ccc(/N=N/c2c(O)c(/N=N/c3ccc(S(=O)(=O)CCOSOOO)cc3)c(O)c(/N=N/c3cc(SOOO)c4cccc(S(=O)(=O)O)c4c3)c2O)c(S(=O)(=O)O)c1. The monoisotopic (exact) mass is 1100 g/mol. The van der Waals surface area contributed by atoms with E-state index in [-0.39, 0.29) is 44.3 Å². The van der Waals surface area contributed by atoms with Crippen molar-refractivity contribution in [2.75, 3.05) is 24.7 Å². The third kappa shape index (κ3) is 14.3. The molecule has 0 aliphatic heterocycles. The summed E-state index contributed by atoms with van der Waals surface area (Å²) in [6.07, 6.45) is 0. The molecule has 0 aromatic heterocycles. The van der Waals surface area contributed by atoms with Gasteiger partial charge in [0.05, 0.1) is 57.9 Å². The highest BCUT2D eigenvalue weighted by atomic mass is 32.3. The maximum absolute atomic E-state index is 12.8. The van der Waals surface area contributed by atoms with E-state index >= 15 is 0 Å². The van der Waals surface area contributed by atoms with Crippen LogP contribution in [0.2, 0.25) is 0 Å². The van der Waals surface area contributed by atoms with E-state index in [0.717, 1.165) is 48.5 Å². The topological polar surface area (TPSA) is 462 Å². The van der Waals surface area contributed by atoms with Crippen LogP contribution in [0, 0.1) is 0 Å². The lowest BCUT2D eigenvalue weighted by Gasteiger charge is -2.11. The summed E-state index contributed by atoms with van der Waals surface area (Å²) in [7, 11) is -24.0. The second-order valence-electron chi connectivity index (χ2n) is 12.7. The zero-order chi connectivity index (χ0) is 51.0. The molecule has 0 saturated carbocycles. The molecule has 0 saturated heterocycles. The van der Waals surface area contributed by atoms with Crippen LogP contribution in [0.4, 0.5) is 34.1 Å². The molecule has 8 N–H and O–H groups in total. The molecule has 0 heterocycles. The third-order valence-electron chi connectivity index (χ3n) is 8.36. The molecule has 5 rings (SSSR count). The second-order valence-corrected chi connectivity index (χ2v) is 22.0. The standard InChI is InChI=1S/C32H28N6O24S7/c39-30-27(36-33-17-4-6-19(7-5-17)65(44,45)12-10-57-64-62-60-43)31(40)29(38-35-23-9-8-20(16-26(23)68(51,52)53)66(46,47)13-11-58-69(54,55)56)32(41)28(30)37-34-18-14-22-21(24(15-18)63-61-59-42)2-1-3-25(22)67(48,49)50/h1-9,14-16,39-43H,10-13H2,(H,48,49,50)(H,51,52,53)(H,54,55,56)/b36-33+,37-34+,38-35+. The predicted octanol–water partition coefficient (Wildman–Crippen LogP) is 6.49. The molecule has 0 fully saturated rings. The molecule has 0 unspecified atom stereocenters. The fourth-order valence-corrected chi connectivity index (χ4v) is 10.3. The highest BCUT2D eigenvalue weighted by Crippen LogP contribution is 2.57. The minimum Gasteiger partial charge on any atom is -0.504 e. The number of aromatic hydroxyl groups is 3. The zero-order valence-corrected chi connectivity index (χ0v) is 39.1. The first-order chi connectivity index (χ1) is 32.3. The van der Waals surface area contributed by atoms with E-state index in [1.165, 1.54) is 12.1 Å². The molecular formula is C32H28N6O24S7. The van der Waals surface area contributed by atoms with Crippen molar-refractivity contribution in [1.29, 1.82) is 0 Å². The largest absolute Gasteiger partial charge is 0.504 e. The zero-order valence-electron chi connectivity index (χ0n) is 33.4. The second kappa shape index (κ2) is 22.5. The van der Waals surface area contributed by atoms with Gasteiger partial charge < -0.3 is 15.3 Å². The Morgan fingerprint density at radius 3 is 1.62 bits per heavy atom. The van der Waals surface area contributed by atoms with Crippen LogP contribution in [0.1, 0.15) is 0 Å². The molecule has 69 heavy (non-hydrogen) atoms. The summed E-state index contributed by atoms with van der Waals surface area (Å²) in [5, 5.41) is 80.1. The average Bonchev–Trinajstić information content (AvgIpc) is 3.26. The van der Waals surface area contributed by atoms with Crippen LogP contribution < -0.4 is 0 Å². The van der Waals surface area contributed by atoms with Gasteiger partial charge in [-0.1, -0.05) is 22.2 Å². The third-order valence-corrected chi connectivity index (χ3v) is 15.0. The van der Waals surface area contributed by atoms with Gasteiger partial charge in [-0.05, 0) is 66.0 Å². The van der Waals surface area contributed by atoms with Gasteiger partial charge in [0.2, 0.25) is 0 Å². The number of hydrogen-bond donors (Lipinski definition) is 8. The van der Waals surface area contributed by atoms with E-state index in [2.05, 4.69) is 53.6 Å². The minimum atomic E-state index is -5.41. The number of benzene rings is 5. The van der Waals surface area contributed by atoms with Crippen LogP contribution in [0.25, 0.3) is 10.8 Å². The average molecular weight is 1110 g/mol. The van der Waals surface area contributed by atoms with E-state index in [0.29, 0.717) is 24.2 Å². The lowest BCUT2D eigenvalue weighted by Crippen LogP contribution is -2.16. The summed E-state index contributed by atoms with van der Waals surface area (Å²) < 4.78 is 168. The quantitative estimate of drug-likeness (QED) is 0.00864. The molecule has 0 radical (unpaired) electrons. The van der Waals surface area contributed by atoms with Crippen molar-refractivity contribution in [3.05, 3.63) is 72.8 Å². The Kier molecular flexibility index (Phi) is 17.8. The van der Waals surface area contributed by atoms with E-state index < -0.39 is 130 Å². The molecule has 0 atom stereocenters. The fraction of sp³-hybridized carbons (Fsp3) is 0.125. The molecule has 0 aliphatic carbocycles. The van der Waals surface area contributed by atoms with Crippen molar-refractivity contribution in [3.8, 4) is 17.2 Å².